The molecule has 1 aliphatic carbocycles. The van der Waals surface area contributed by atoms with Gasteiger partial charge in [0.05, 0.1) is 19.1 Å². The highest BCUT2D eigenvalue weighted by molar-refractivity contribution is 5.81. The maximum atomic E-state index is 12.7. The van der Waals surface area contributed by atoms with E-state index in [1.165, 1.54) is 11.1 Å². The standard InChI is InChI=1S/C20H31N3O2/c1-20(2,3)21-18(24)13-22(4)14-19(25)23(5)17-12-8-10-15-9-6-7-11-16(15)17/h6-7,9,11,17H,8,10,12-14H2,1-5H3,(H,21,24)/t17-/m0/s1. The van der Waals surface area contributed by atoms with Crippen molar-refractivity contribution in [1.29, 1.82) is 0 Å². The van der Waals surface area contributed by atoms with Crippen LogP contribution in [0.5, 0.6) is 0 Å². The Labute approximate surface area is 151 Å². The number of aryl methyl sites for hydroxylation is 1. The fourth-order valence-corrected chi connectivity index (χ4v) is 3.41. The SMILES string of the molecule is CN(CC(=O)NC(C)(C)C)CC(=O)N(C)[C@H]1CCCc2ccccc21. The number of fused-ring (bicyclic) bond motifs is 1. The molecular weight excluding hydrogens is 314 g/mol. The molecule has 5 nitrogen and oxygen atoms in total. The summed E-state index contributed by atoms with van der Waals surface area (Å²) in [5.41, 5.74) is 2.35. The van der Waals surface area contributed by atoms with Crippen LogP contribution >= 0.6 is 0 Å². The van der Waals surface area contributed by atoms with Gasteiger partial charge < -0.3 is 10.2 Å². The number of nitrogens with zero attached hydrogens (tertiary/aromatic N) is 2. The normalized spacial score (nSPS) is 17.1. The van der Waals surface area contributed by atoms with E-state index in [1.807, 2.05) is 45.8 Å². The third-order valence-corrected chi connectivity index (χ3v) is 4.53. The smallest absolute Gasteiger partial charge is 0.237 e. The highest BCUT2D eigenvalue weighted by Crippen LogP contribution is 2.33. The Morgan fingerprint density at radius 2 is 1.84 bits per heavy atom. The topological polar surface area (TPSA) is 52.7 Å². The van der Waals surface area contributed by atoms with Gasteiger partial charge in [0.1, 0.15) is 0 Å². The average Bonchev–Trinajstić information content (AvgIpc) is 2.51. The summed E-state index contributed by atoms with van der Waals surface area (Å²) in [6, 6.07) is 8.52. The van der Waals surface area contributed by atoms with Crippen molar-refractivity contribution < 1.29 is 9.59 Å². The molecule has 0 aliphatic heterocycles. The van der Waals surface area contributed by atoms with Gasteiger partial charge in [0.2, 0.25) is 11.8 Å². The summed E-state index contributed by atoms with van der Waals surface area (Å²) < 4.78 is 0. The zero-order valence-electron chi connectivity index (χ0n) is 16.1. The lowest BCUT2D eigenvalue weighted by atomic mass is 9.87. The van der Waals surface area contributed by atoms with E-state index in [4.69, 9.17) is 0 Å². The highest BCUT2D eigenvalue weighted by atomic mass is 16.2. The first-order valence-corrected chi connectivity index (χ1v) is 9.00. The van der Waals surface area contributed by atoms with Crippen molar-refractivity contribution in [3.05, 3.63) is 35.4 Å². The van der Waals surface area contributed by atoms with Gasteiger partial charge in [0.15, 0.2) is 0 Å². The number of hydrogen-bond acceptors (Lipinski definition) is 3. The molecule has 2 rings (SSSR count). The lowest BCUT2D eigenvalue weighted by Gasteiger charge is -2.34. The first-order valence-electron chi connectivity index (χ1n) is 9.00. The number of benzene rings is 1. The summed E-state index contributed by atoms with van der Waals surface area (Å²) in [6.45, 7) is 6.31. The Hall–Kier alpha value is -1.88. The second-order valence-corrected chi connectivity index (χ2v) is 8.08. The van der Waals surface area contributed by atoms with E-state index in [0.717, 1.165) is 19.3 Å². The van der Waals surface area contributed by atoms with Crippen LogP contribution in [0.3, 0.4) is 0 Å². The van der Waals surface area contributed by atoms with Gasteiger partial charge in [-0.15, -0.1) is 0 Å². The molecule has 0 radical (unpaired) electrons. The Balaban J connectivity index is 1.94. The van der Waals surface area contributed by atoms with Crippen LogP contribution in [0.25, 0.3) is 0 Å². The maximum Gasteiger partial charge on any atom is 0.237 e. The summed E-state index contributed by atoms with van der Waals surface area (Å²) in [7, 11) is 3.68. The lowest BCUT2D eigenvalue weighted by Crippen LogP contribution is -2.47. The van der Waals surface area contributed by atoms with E-state index < -0.39 is 0 Å². The molecule has 0 bridgehead atoms. The van der Waals surface area contributed by atoms with E-state index in [1.54, 1.807) is 4.90 Å². The van der Waals surface area contributed by atoms with E-state index in [2.05, 4.69) is 23.5 Å². The van der Waals surface area contributed by atoms with Crippen LogP contribution in [0.4, 0.5) is 0 Å². The van der Waals surface area contributed by atoms with Gasteiger partial charge in [-0.25, -0.2) is 0 Å². The van der Waals surface area contributed by atoms with E-state index in [0.29, 0.717) is 0 Å². The van der Waals surface area contributed by atoms with Crippen LogP contribution in [0, 0.1) is 0 Å². The molecule has 138 valence electrons. The first-order chi connectivity index (χ1) is 11.7. The molecule has 2 amide bonds. The van der Waals surface area contributed by atoms with Gasteiger partial charge in [-0.3, -0.25) is 14.5 Å². The minimum atomic E-state index is -0.259. The van der Waals surface area contributed by atoms with E-state index >= 15 is 0 Å². The van der Waals surface area contributed by atoms with E-state index in [-0.39, 0.29) is 36.5 Å². The molecule has 1 atom stereocenters. The number of hydrogen-bond donors (Lipinski definition) is 1. The lowest BCUT2D eigenvalue weighted by molar-refractivity contribution is -0.134. The van der Waals surface area contributed by atoms with Gasteiger partial charge in [0, 0.05) is 12.6 Å². The summed E-state index contributed by atoms with van der Waals surface area (Å²) in [5.74, 6) is -0.0128. The molecule has 1 aromatic carbocycles. The third-order valence-electron chi connectivity index (χ3n) is 4.53. The fourth-order valence-electron chi connectivity index (χ4n) is 3.41. The van der Waals surface area contributed by atoms with E-state index in [9.17, 15) is 9.59 Å². The van der Waals surface area contributed by atoms with Crippen molar-refractivity contribution in [3.63, 3.8) is 0 Å². The second-order valence-electron chi connectivity index (χ2n) is 8.08. The number of amides is 2. The number of carbonyl (C=O) groups excluding carboxylic acids is 2. The molecule has 5 heteroatoms. The Kier molecular flexibility index (Phi) is 6.22. The van der Waals surface area contributed by atoms with Crippen LogP contribution < -0.4 is 5.32 Å². The minimum absolute atomic E-state index is 0.0489. The molecule has 0 aromatic heterocycles. The van der Waals surface area contributed by atoms with Gasteiger partial charge in [-0.2, -0.15) is 0 Å². The van der Waals surface area contributed by atoms with Crippen LogP contribution in [0.1, 0.15) is 50.8 Å². The van der Waals surface area contributed by atoms with Crippen molar-refractivity contribution in [2.45, 2.75) is 51.6 Å². The van der Waals surface area contributed by atoms with Crippen LogP contribution in [-0.2, 0) is 16.0 Å². The molecule has 0 fully saturated rings. The van der Waals surface area contributed by atoms with Crippen LogP contribution in [0.15, 0.2) is 24.3 Å². The summed E-state index contributed by atoms with van der Waals surface area (Å²) in [6.07, 6.45) is 3.18. The maximum absolute atomic E-state index is 12.7. The van der Waals surface area contributed by atoms with Crippen molar-refractivity contribution >= 4 is 11.8 Å². The molecule has 0 heterocycles. The van der Waals surface area contributed by atoms with Crippen LogP contribution in [-0.4, -0.2) is 54.3 Å². The molecule has 0 saturated carbocycles. The largest absolute Gasteiger partial charge is 0.350 e. The van der Waals surface area contributed by atoms with Crippen molar-refractivity contribution in [2.75, 3.05) is 27.2 Å². The van der Waals surface area contributed by atoms with Gasteiger partial charge >= 0.3 is 0 Å². The Morgan fingerprint density at radius 1 is 1.16 bits per heavy atom. The quantitative estimate of drug-likeness (QED) is 0.891. The predicted octanol–water partition coefficient (Wildman–Crippen LogP) is 2.37. The number of nitrogens with one attached hydrogen (secondary N) is 1. The van der Waals surface area contributed by atoms with Crippen molar-refractivity contribution in [3.8, 4) is 0 Å². The number of rotatable bonds is 5. The molecule has 1 N–H and O–H groups in total. The average molecular weight is 345 g/mol. The first kappa shape index (κ1) is 19.4. The molecule has 1 aromatic rings. The van der Waals surface area contributed by atoms with Crippen molar-refractivity contribution in [1.82, 2.24) is 15.1 Å². The van der Waals surface area contributed by atoms with Crippen LogP contribution in [0.2, 0.25) is 0 Å². The Bertz CT molecular complexity index is 622. The Morgan fingerprint density at radius 3 is 2.52 bits per heavy atom. The number of carbonyl (C=O) groups is 2. The molecule has 25 heavy (non-hydrogen) atoms. The third kappa shape index (κ3) is 5.56. The van der Waals surface area contributed by atoms with Gasteiger partial charge in [-0.05, 0) is 58.2 Å². The van der Waals surface area contributed by atoms with Crippen molar-refractivity contribution in [2.24, 2.45) is 0 Å². The summed E-state index contributed by atoms with van der Waals surface area (Å²) in [4.78, 5) is 28.3. The molecule has 1 aliphatic rings. The van der Waals surface area contributed by atoms with Gasteiger partial charge in [-0.1, -0.05) is 24.3 Å². The van der Waals surface area contributed by atoms with Gasteiger partial charge in [0.25, 0.3) is 0 Å². The second kappa shape index (κ2) is 8.00. The predicted molar refractivity (Wildman–Crippen MR) is 100 cm³/mol. The number of likely N-dealkylation sites (N-methyl/N-ethyl adjacent to an activating group) is 2. The minimum Gasteiger partial charge on any atom is -0.350 e. The summed E-state index contributed by atoms with van der Waals surface area (Å²) >= 11 is 0. The fraction of sp³-hybridized carbons (Fsp3) is 0.600. The summed E-state index contributed by atoms with van der Waals surface area (Å²) in [5, 5.41) is 2.92. The molecule has 0 spiro atoms. The molecule has 0 unspecified atom stereocenters. The molecular formula is C20H31N3O2. The monoisotopic (exact) mass is 345 g/mol. The molecule has 0 saturated heterocycles. The zero-order chi connectivity index (χ0) is 18.6. The zero-order valence-corrected chi connectivity index (χ0v) is 16.1. The highest BCUT2D eigenvalue weighted by Gasteiger charge is 2.27.